The SMILES string of the molecule is CCCCCCCC1=CCc2ccc(Cl)cc2C1. The number of hydrogen-bond donors (Lipinski definition) is 0. The monoisotopic (exact) mass is 262 g/mol. The van der Waals surface area contributed by atoms with Crippen LogP contribution >= 0.6 is 11.6 Å². The molecule has 0 aliphatic heterocycles. The summed E-state index contributed by atoms with van der Waals surface area (Å²) in [6, 6.07) is 6.32. The second-order valence-corrected chi connectivity index (χ2v) is 5.76. The summed E-state index contributed by atoms with van der Waals surface area (Å²) in [5.74, 6) is 0. The average molecular weight is 263 g/mol. The van der Waals surface area contributed by atoms with E-state index in [1.165, 1.54) is 49.7 Å². The number of hydrogen-bond acceptors (Lipinski definition) is 0. The minimum Gasteiger partial charge on any atom is -0.0843 e. The number of fused-ring (bicyclic) bond motifs is 1. The van der Waals surface area contributed by atoms with Gasteiger partial charge < -0.3 is 0 Å². The van der Waals surface area contributed by atoms with Crippen LogP contribution in [0.2, 0.25) is 5.02 Å². The van der Waals surface area contributed by atoms with Gasteiger partial charge in [0, 0.05) is 5.02 Å². The molecule has 0 heterocycles. The predicted octanol–water partition coefficient (Wildman–Crippen LogP) is 5.73. The van der Waals surface area contributed by atoms with E-state index in [2.05, 4.69) is 25.1 Å². The van der Waals surface area contributed by atoms with Crippen LogP contribution in [0.25, 0.3) is 0 Å². The molecule has 18 heavy (non-hydrogen) atoms. The number of halogens is 1. The normalized spacial score (nSPS) is 14.2. The van der Waals surface area contributed by atoms with Gasteiger partial charge in [-0.1, -0.05) is 61.9 Å². The second kappa shape index (κ2) is 6.99. The molecule has 0 amide bonds. The first-order valence-electron chi connectivity index (χ1n) is 7.25. The molecule has 0 bridgehead atoms. The first-order chi connectivity index (χ1) is 8.79. The van der Waals surface area contributed by atoms with Crippen LogP contribution in [-0.2, 0) is 12.8 Å². The molecular formula is C17H23Cl. The summed E-state index contributed by atoms with van der Waals surface area (Å²) in [4.78, 5) is 0. The van der Waals surface area contributed by atoms with Crippen molar-refractivity contribution in [2.24, 2.45) is 0 Å². The standard InChI is InChI=1S/C17H23Cl/c1-2-3-4-5-6-7-14-8-9-15-10-11-17(18)13-16(15)12-14/h8,10-11,13H,2-7,9,12H2,1H3. The third-order valence-corrected chi connectivity index (χ3v) is 4.03. The van der Waals surface area contributed by atoms with E-state index >= 15 is 0 Å². The lowest BCUT2D eigenvalue weighted by Gasteiger charge is -2.17. The van der Waals surface area contributed by atoms with E-state index in [4.69, 9.17) is 11.6 Å². The Labute approximate surface area is 116 Å². The molecule has 1 aliphatic rings. The van der Waals surface area contributed by atoms with Crippen molar-refractivity contribution in [1.82, 2.24) is 0 Å². The van der Waals surface area contributed by atoms with Crippen LogP contribution in [-0.4, -0.2) is 0 Å². The maximum Gasteiger partial charge on any atom is 0.0409 e. The van der Waals surface area contributed by atoms with E-state index < -0.39 is 0 Å². The maximum atomic E-state index is 6.07. The molecule has 0 aromatic heterocycles. The Morgan fingerprint density at radius 1 is 1.06 bits per heavy atom. The van der Waals surface area contributed by atoms with Gasteiger partial charge in [0.1, 0.15) is 0 Å². The zero-order valence-corrected chi connectivity index (χ0v) is 12.1. The summed E-state index contributed by atoms with van der Waals surface area (Å²) >= 11 is 6.07. The molecule has 0 radical (unpaired) electrons. The van der Waals surface area contributed by atoms with Crippen LogP contribution in [0.1, 0.15) is 56.6 Å². The molecule has 0 fully saturated rings. The van der Waals surface area contributed by atoms with E-state index in [0.717, 1.165) is 17.9 Å². The van der Waals surface area contributed by atoms with Gasteiger partial charge in [0.05, 0.1) is 0 Å². The fourth-order valence-electron chi connectivity index (χ4n) is 2.68. The van der Waals surface area contributed by atoms with E-state index in [9.17, 15) is 0 Å². The molecule has 1 heteroatoms. The van der Waals surface area contributed by atoms with Crippen LogP contribution in [0.15, 0.2) is 29.8 Å². The molecule has 0 saturated carbocycles. The average Bonchev–Trinajstić information content (AvgIpc) is 2.38. The summed E-state index contributed by atoms with van der Waals surface area (Å²) in [6.07, 6.45) is 12.7. The minimum absolute atomic E-state index is 0.873. The Balaban J connectivity index is 1.81. The Bertz CT molecular complexity index is 418. The lowest BCUT2D eigenvalue weighted by atomic mass is 9.89. The van der Waals surface area contributed by atoms with Crippen LogP contribution < -0.4 is 0 Å². The predicted molar refractivity (Wildman–Crippen MR) is 80.3 cm³/mol. The fourth-order valence-corrected chi connectivity index (χ4v) is 2.87. The quantitative estimate of drug-likeness (QED) is 0.454. The van der Waals surface area contributed by atoms with E-state index in [0.29, 0.717) is 0 Å². The van der Waals surface area contributed by atoms with Crippen molar-refractivity contribution in [1.29, 1.82) is 0 Å². The highest BCUT2D eigenvalue weighted by Gasteiger charge is 2.10. The van der Waals surface area contributed by atoms with Crippen molar-refractivity contribution in [2.75, 3.05) is 0 Å². The van der Waals surface area contributed by atoms with Gasteiger partial charge in [-0.15, -0.1) is 0 Å². The molecule has 0 nitrogen and oxygen atoms in total. The number of rotatable bonds is 6. The first kappa shape index (κ1) is 13.7. The molecule has 2 rings (SSSR count). The largest absolute Gasteiger partial charge is 0.0843 e. The molecule has 98 valence electrons. The molecule has 0 spiro atoms. The molecule has 1 aromatic rings. The molecule has 1 aromatic carbocycles. The van der Waals surface area contributed by atoms with E-state index in [1.54, 1.807) is 5.57 Å². The van der Waals surface area contributed by atoms with Crippen LogP contribution in [0.4, 0.5) is 0 Å². The zero-order valence-electron chi connectivity index (χ0n) is 11.3. The molecule has 0 atom stereocenters. The van der Waals surface area contributed by atoms with Gasteiger partial charge in [0.15, 0.2) is 0 Å². The van der Waals surface area contributed by atoms with Crippen molar-refractivity contribution < 1.29 is 0 Å². The topological polar surface area (TPSA) is 0 Å². The van der Waals surface area contributed by atoms with Crippen LogP contribution in [0, 0.1) is 0 Å². The van der Waals surface area contributed by atoms with E-state index in [-0.39, 0.29) is 0 Å². The lowest BCUT2D eigenvalue weighted by molar-refractivity contribution is 0.625. The smallest absolute Gasteiger partial charge is 0.0409 e. The van der Waals surface area contributed by atoms with Crippen molar-refractivity contribution in [3.8, 4) is 0 Å². The Morgan fingerprint density at radius 3 is 2.72 bits per heavy atom. The van der Waals surface area contributed by atoms with Gasteiger partial charge in [-0.05, 0) is 48.9 Å². The van der Waals surface area contributed by atoms with Gasteiger partial charge in [0.2, 0.25) is 0 Å². The lowest BCUT2D eigenvalue weighted by Crippen LogP contribution is -2.03. The highest BCUT2D eigenvalue weighted by atomic mass is 35.5. The highest BCUT2D eigenvalue weighted by molar-refractivity contribution is 6.30. The maximum absolute atomic E-state index is 6.07. The van der Waals surface area contributed by atoms with Gasteiger partial charge in [-0.25, -0.2) is 0 Å². The summed E-state index contributed by atoms with van der Waals surface area (Å²) in [6.45, 7) is 2.27. The molecule has 0 N–H and O–H groups in total. The third-order valence-electron chi connectivity index (χ3n) is 3.80. The molecular weight excluding hydrogens is 240 g/mol. The number of unbranched alkanes of at least 4 members (excludes halogenated alkanes) is 4. The van der Waals surface area contributed by atoms with Crippen molar-refractivity contribution >= 4 is 11.6 Å². The highest BCUT2D eigenvalue weighted by Crippen LogP contribution is 2.26. The second-order valence-electron chi connectivity index (χ2n) is 5.32. The number of allylic oxidation sites excluding steroid dienone is 2. The Hall–Kier alpha value is -0.750. The molecule has 0 unspecified atom stereocenters. The minimum atomic E-state index is 0.873. The van der Waals surface area contributed by atoms with E-state index in [1.807, 2.05) is 6.07 Å². The van der Waals surface area contributed by atoms with Gasteiger partial charge in [-0.2, -0.15) is 0 Å². The molecule has 0 saturated heterocycles. The number of benzene rings is 1. The summed E-state index contributed by atoms with van der Waals surface area (Å²) < 4.78 is 0. The summed E-state index contributed by atoms with van der Waals surface area (Å²) in [7, 11) is 0. The van der Waals surface area contributed by atoms with Gasteiger partial charge >= 0.3 is 0 Å². The zero-order chi connectivity index (χ0) is 12.8. The third kappa shape index (κ3) is 3.88. The van der Waals surface area contributed by atoms with Crippen LogP contribution in [0.5, 0.6) is 0 Å². The van der Waals surface area contributed by atoms with Gasteiger partial charge in [0.25, 0.3) is 0 Å². The fraction of sp³-hybridized carbons (Fsp3) is 0.529. The summed E-state index contributed by atoms with van der Waals surface area (Å²) in [5.41, 5.74) is 4.50. The van der Waals surface area contributed by atoms with Crippen molar-refractivity contribution in [2.45, 2.75) is 58.3 Å². The Kier molecular flexibility index (Phi) is 5.31. The van der Waals surface area contributed by atoms with Crippen molar-refractivity contribution in [3.63, 3.8) is 0 Å². The van der Waals surface area contributed by atoms with Gasteiger partial charge in [-0.3, -0.25) is 0 Å². The van der Waals surface area contributed by atoms with Crippen molar-refractivity contribution in [3.05, 3.63) is 46.0 Å². The first-order valence-corrected chi connectivity index (χ1v) is 7.62. The van der Waals surface area contributed by atoms with Crippen LogP contribution in [0.3, 0.4) is 0 Å². The summed E-state index contributed by atoms with van der Waals surface area (Å²) in [5, 5.41) is 0.873. The molecule has 1 aliphatic carbocycles. The Morgan fingerprint density at radius 2 is 1.89 bits per heavy atom.